The van der Waals surface area contributed by atoms with Gasteiger partial charge in [-0.3, -0.25) is 0 Å². The molecule has 1 aromatic rings. The van der Waals surface area contributed by atoms with Crippen molar-refractivity contribution in [2.24, 2.45) is 11.5 Å². The molecule has 0 amide bonds. The van der Waals surface area contributed by atoms with E-state index in [-0.39, 0.29) is 6.04 Å². The molecular formula is C12H18N2O3. The molecule has 0 spiro atoms. The van der Waals surface area contributed by atoms with Crippen molar-refractivity contribution in [3.05, 3.63) is 35.9 Å². The summed E-state index contributed by atoms with van der Waals surface area (Å²) in [7, 11) is 0. The topological polar surface area (TPSA) is 90.7 Å². The van der Waals surface area contributed by atoms with Crippen molar-refractivity contribution in [2.75, 3.05) is 6.61 Å². The van der Waals surface area contributed by atoms with Gasteiger partial charge in [0.05, 0.1) is 19.3 Å². The third kappa shape index (κ3) is 3.02. The van der Waals surface area contributed by atoms with Crippen LogP contribution in [0.3, 0.4) is 0 Å². The number of benzene rings is 1. The van der Waals surface area contributed by atoms with Crippen LogP contribution in [0.25, 0.3) is 0 Å². The van der Waals surface area contributed by atoms with Gasteiger partial charge in [-0.2, -0.15) is 0 Å². The second-order valence-corrected chi connectivity index (χ2v) is 4.23. The van der Waals surface area contributed by atoms with E-state index in [0.29, 0.717) is 13.2 Å². The molecule has 1 aliphatic heterocycles. The maximum atomic E-state index is 9.83. The first-order chi connectivity index (χ1) is 8.18. The Kier molecular flexibility index (Phi) is 4.09. The third-order valence-electron chi connectivity index (χ3n) is 2.88. The Morgan fingerprint density at radius 1 is 1.29 bits per heavy atom. The largest absolute Gasteiger partial charge is 0.386 e. The summed E-state index contributed by atoms with van der Waals surface area (Å²) in [6.45, 7) is 0.683. The van der Waals surface area contributed by atoms with E-state index in [1.54, 1.807) is 0 Å². The first-order valence-corrected chi connectivity index (χ1v) is 5.65. The lowest BCUT2D eigenvalue weighted by molar-refractivity contribution is -0.228. The molecule has 1 fully saturated rings. The predicted molar refractivity (Wildman–Crippen MR) is 62.9 cm³/mol. The zero-order chi connectivity index (χ0) is 12.3. The number of hydrogen-bond acceptors (Lipinski definition) is 5. The van der Waals surface area contributed by atoms with Gasteiger partial charge in [0.2, 0.25) is 0 Å². The summed E-state index contributed by atoms with van der Waals surface area (Å²) < 4.78 is 10.8. The van der Waals surface area contributed by atoms with E-state index in [9.17, 15) is 5.11 Å². The SMILES string of the molecule is N[C@H]1[C@H](O)C(OCc2ccccc2)OC[C@@H]1N. The van der Waals surface area contributed by atoms with Crippen molar-refractivity contribution in [2.45, 2.75) is 31.1 Å². The highest BCUT2D eigenvalue weighted by molar-refractivity contribution is 5.13. The van der Waals surface area contributed by atoms with Gasteiger partial charge in [0.15, 0.2) is 6.29 Å². The fourth-order valence-electron chi connectivity index (χ4n) is 1.75. The van der Waals surface area contributed by atoms with Gasteiger partial charge in [-0.1, -0.05) is 30.3 Å². The van der Waals surface area contributed by atoms with Crippen molar-refractivity contribution >= 4 is 0 Å². The first kappa shape index (κ1) is 12.5. The molecule has 1 unspecified atom stereocenters. The van der Waals surface area contributed by atoms with Crippen molar-refractivity contribution in [1.82, 2.24) is 0 Å². The lowest BCUT2D eigenvalue weighted by Crippen LogP contribution is -2.61. The van der Waals surface area contributed by atoms with Gasteiger partial charge in [0.1, 0.15) is 6.10 Å². The van der Waals surface area contributed by atoms with Crippen molar-refractivity contribution in [3.63, 3.8) is 0 Å². The highest BCUT2D eigenvalue weighted by atomic mass is 16.7. The molecule has 5 nitrogen and oxygen atoms in total. The molecular weight excluding hydrogens is 220 g/mol. The molecule has 4 atom stereocenters. The molecule has 5 N–H and O–H groups in total. The van der Waals surface area contributed by atoms with Crippen LogP contribution in [0.2, 0.25) is 0 Å². The van der Waals surface area contributed by atoms with Gasteiger partial charge in [0, 0.05) is 6.04 Å². The number of aliphatic hydroxyl groups excluding tert-OH is 1. The second kappa shape index (κ2) is 5.57. The number of hydrogen-bond donors (Lipinski definition) is 3. The maximum absolute atomic E-state index is 9.83. The number of ether oxygens (including phenoxy) is 2. The predicted octanol–water partition coefficient (Wildman–Crippen LogP) is -0.425. The van der Waals surface area contributed by atoms with Crippen LogP contribution in [0.15, 0.2) is 30.3 Å². The Hall–Kier alpha value is -0.980. The van der Waals surface area contributed by atoms with Crippen LogP contribution in [-0.4, -0.2) is 36.2 Å². The smallest absolute Gasteiger partial charge is 0.185 e. The van der Waals surface area contributed by atoms with Crippen LogP contribution in [0, 0.1) is 0 Å². The molecule has 0 saturated carbocycles. The van der Waals surface area contributed by atoms with Crippen molar-refractivity contribution in [3.8, 4) is 0 Å². The molecule has 94 valence electrons. The van der Waals surface area contributed by atoms with Gasteiger partial charge in [-0.25, -0.2) is 0 Å². The molecule has 1 saturated heterocycles. The quantitative estimate of drug-likeness (QED) is 0.665. The van der Waals surface area contributed by atoms with Gasteiger partial charge >= 0.3 is 0 Å². The standard InChI is InChI=1S/C12H18N2O3/c13-9-7-17-12(11(15)10(9)14)16-6-8-4-2-1-3-5-8/h1-5,9-12,15H,6-7,13-14H2/t9-,10+,11-,12?/m0/s1. The fourth-order valence-corrected chi connectivity index (χ4v) is 1.75. The average Bonchev–Trinajstić information content (AvgIpc) is 2.36. The van der Waals surface area contributed by atoms with Crippen LogP contribution < -0.4 is 11.5 Å². The molecule has 0 aliphatic carbocycles. The Morgan fingerprint density at radius 3 is 2.71 bits per heavy atom. The lowest BCUT2D eigenvalue weighted by Gasteiger charge is -2.36. The minimum absolute atomic E-state index is 0.303. The number of rotatable bonds is 3. The average molecular weight is 238 g/mol. The summed E-state index contributed by atoms with van der Waals surface area (Å²) in [6, 6.07) is 8.83. The summed E-state index contributed by atoms with van der Waals surface area (Å²) in [5.74, 6) is 0. The van der Waals surface area contributed by atoms with Gasteiger partial charge < -0.3 is 26.0 Å². The maximum Gasteiger partial charge on any atom is 0.185 e. The Labute approximate surface area is 100 Å². The molecule has 0 aromatic heterocycles. The molecule has 0 radical (unpaired) electrons. The van der Waals surface area contributed by atoms with E-state index in [2.05, 4.69) is 0 Å². The molecule has 0 bridgehead atoms. The molecule has 5 heteroatoms. The van der Waals surface area contributed by atoms with Gasteiger partial charge in [-0.05, 0) is 5.56 Å². The molecule has 1 aromatic carbocycles. The minimum atomic E-state index is -0.887. The van der Waals surface area contributed by atoms with Crippen LogP contribution in [-0.2, 0) is 16.1 Å². The Morgan fingerprint density at radius 2 is 2.00 bits per heavy atom. The second-order valence-electron chi connectivity index (χ2n) is 4.23. The minimum Gasteiger partial charge on any atom is -0.386 e. The fraction of sp³-hybridized carbons (Fsp3) is 0.500. The van der Waals surface area contributed by atoms with Gasteiger partial charge in [0.25, 0.3) is 0 Å². The Bertz CT molecular complexity index is 347. The highest BCUT2D eigenvalue weighted by Gasteiger charge is 2.35. The van der Waals surface area contributed by atoms with E-state index >= 15 is 0 Å². The summed E-state index contributed by atoms with van der Waals surface area (Å²) >= 11 is 0. The molecule has 1 heterocycles. The summed E-state index contributed by atoms with van der Waals surface area (Å²) in [5, 5.41) is 9.83. The summed E-state index contributed by atoms with van der Waals surface area (Å²) in [5.41, 5.74) is 12.4. The van der Waals surface area contributed by atoms with E-state index in [1.807, 2.05) is 30.3 Å². The summed E-state index contributed by atoms with van der Waals surface area (Å²) in [4.78, 5) is 0. The van der Waals surface area contributed by atoms with Crippen molar-refractivity contribution < 1.29 is 14.6 Å². The first-order valence-electron chi connectivity index (χ1n) is 5.65. The molecule has 2 rings (SSSR count). The number of nitrogens with two attached hydrogens (primary N) is 2. The Balaban J connectivity index is 1.87. The van der Waals surface area contributed by atoms with Gasteiger partial charge in [-0.15, -0.1) is 0 Å². The highest BCUT2D eigenvalue weighted by Crippen LogP contribution is 2.15. The van der Waals surface area contributed by atoms with Crippen LogP contribution in [0.1, 0.15) is 5.56 Å². The van der Waals surface area contributed by atoms with Crippen LogP contribution >= 0.6 is 0 Å². The lowest BCUT2D eigenvalue weighted by atomic mass is 10.0. The monoisotopic (exact) mass is 238 g/mol. The molecule has 17 heavy (non-hydrogen) atoms. The van der Waals surface area contributed by atoms with E-state index in [0.717, 1.165) is 5.56 Å². The van der Waals surface area contributed by atoms with Crippen molar-refractivity contribution in [1.29, 1.82) is 0 Å². The van der Waals surface area contributed by atoms with E-state index < -0.39 is 18.4 Å². The third-order valence-corrected chi connectivity index (χ3v) is 2.88. The van der Waals surface area contributed by atoms with E-state index in [4.69, 9.17) is 20.9 Å². The zero-order valence-corrected chi connectivity index (χ0v) is 9.53. The van der Waals surface area contributed by atoms with Crippen LogP contribution in [0.5, 0.6) is 0 Å². The summed E-state index contributed by atoms with van der Waals surface area (Å²) in [6.07, 6.45) is -1.59. The number of aliphatic hydroxyl groups is 1. The zero-order valence-electron chi connectivity index (χ0n) is 9.53. The molecule has 1 aliphatic rings. The normalized spacial score (nSPS) is 33.6. The van der Waals surface area contributed by atoms with Crippen LogP contribution in [0.4, 0.5) is 0 Å². The van der Waals surface area contributed by atoms with E-state index in [1.165, 1.54) is 0 Å².